The van der Waals surface area contributed by atoms with Crippen LogP contribution in [-0.2, 0) is 0 Å². The lowest BCUT2D eigenvalue weighted by molar-refractivity contribution is 0.0664. The predicted molar refractivity (Wildman–Crippen MR) is 80.9 cm³/mol. The predicted octanol–water partition coefficient (Wildman–Crippen LogP) is -0.579. The highest BCUT2D eigenvalue weighted by molar-refractivity contribution is 4.91. The quantitative estimate of drug-likeness (QED) is 0.722. The van der Waals surface area contributed by atoms with Crippen LogP contribution in [0.4, 0.5) is 0 Å². The molecule has 20 heavy (non-hydrogen) atoms. The van der Waals surface area contributed by atoms with Crippen LogP contribution < -0.4 is 5.32 Å². The van der Waals surface area contributed by atoms with Gasteiger partial charge in [-0.2, -0.15) is 0 Å². The van der Waals surface area contributed by atoms with Gasteiger partial charge in [-0.25, -0.2) is 0 Å². The Morgan fingerprint density at radius 3 is 2.50 bits per heavy atom. The maximum absolute atomic E-state index is 10.4. The van der Waals surface area contributed by atoms with E-state index in [9.17, 15) is 5.11 Å². The van der Waals surface area contributed by atoms with Gasteiger partial charge >= 0.3 is 0 Å². The number of rotatable bonds is 4. The molecule has 116 valence electrons. The van der Waals surface area contributed by atoms with Crippen molar-refractivity contribution in [1.29, 1.82) is 0 Å². The second-order valence-electron chi connectivity index (χ2n) is 6.80. The van der Waals surface area contributed by atoms with E-state index < -0.39 is 0 Å². The van der Waals surface area contributed by atoms with Crippen molar-refractivity contribution >= 4 is 0 Å². The third-order valence-electron chi connectivity index (χ3n) is 5.38. The zero-order valence-electron chi connectivity index (χ0n) is 12.8. The van der Waals surface area contributed by atoms with Crippen LogP contribution in [0.2, 0.25) is 0 Å². The van der Waals surface area contributed by atoms with Crippen molar-refractivity contribution in [2.45, 2.75) is 37.5 Å². The minimum Gasteiger partial charge on any atom is -0.390 e. The molecule has 3 saturated heterocycles. The summed E-state index contributed by atoms with van der Waals surface area (Å²) in [7, 11) is 2.28. The number of piperazine rings is 1. The summed E-state index contributed by atoms with van der Waals surface area (Å²) in [5.41, 5.74) is 0. The molecule has 3 aliphatic heterocycles. The van der Waals surface area contributed by atoms with E-state index in [2.05, 4.69) is 27.1 Å². The molecule has 2 bridgehead atoms. The van der Waals surface area contributed by atoms with Crippen molar-refractivity contribution in [2.75, 3.05) is 59.4 Å². The monoisotopic (exact) mass is 282 g/mol. The van der Waals surface area contributed by atoms with Crippen molar-refractivity contribution in [2.24, 2.45) is 0 Å². The molecule has 0 aromatic heterocycles. The maximum atomic E-state index is 10.4. The third kappa shape index (κ3) is 3.52. The van der Waals surface area contributed by atoms with Crippen LogP contribution in [0.15, 0.2) is 0 Å². The van der Waals surface area contributed by atoms with Gasteiger partial charge in [-0.1, -0.05) is 0 Å². The summed E-state index contributed by atoms with van der Waals surface area (Å²) in [4.78, 5) is 7.45. The molecule has 0 radical (unpaired) electrons. The normalized spacial score (nSPS) is 35.1. The van der Waals surface area contributed by atoms with E-state index in [1.807, 2.05) is 0 Å². The van der Waals surface area contributed by atoms with Gasteiger partial charge in [0, 0.05) is 57.9 Å². The molecule has 3 rings (SSSR count). The molecule has 3 unspecified atom stereocenters. The number of β-amino-alcohol motifs (C(OH)–C–C–N with tert-alkyl or cyclic N) is 1. The smallest absolute Gasteiger partial charge is 0.0793 e. The van der Waals surface area contributed by atoms with Gasteiger partial charge in [0.05, 0.1) is 6.10 Å². The fourth-order valence-electron chi connectivity index (χ4n) is 4.09. The number of nitrogens with zero attached hydrogens (tertiary/aromatic N) is 3. The Hall–Kier alpha value is -0.200. The van der Waals surface area contributed by atoms with Crippen molar-refractivity contribution in [1.82, 2.24) is 20.0 Å². The largest absolute Gasteiger partial charge is 0.390 e. The number of nitrogens with one attached hydrogen (secondary N) is 1. The third-order valence-corrected chi connectivity index (χ3v) is 5.38. The highest BCUT2D eigenvalue weighted by atomic mass is 16.3. The van der Waals surface area contributed by atoms with Crippen molar-refractivity contribution in [3.63, 3.8) is 0 Å². The molecule has 0 spiro atoms. The molecule has 2 N–H and O–H groups in total. The van der Waals surface area contributed by atoms with Crippen molar-refractivity contribution in [3.05, 3.63) is 0 Å². The first-order valence-corrected chi connectivity index (χ1v) is 8.28. The molecule has 0 aliphatic carbocycles. The first-order valence-electron chi connectivity index (χ1n) is 8.28. The summed E-state index contributed by atoms with van der Waals surface area (Å²) in [6.45, 7) is 8.25. The fraction of sp³-hybridized carbons (Fsp3) is 1.00. The van der Waals surface area contributed by atoms with Gasteiger partial charge in [0.25, 0.3) is 0 Å². The molecular weight excluding hydrogens is 252 g/mol. The first-order chi connectivity index (χ1) is 9.72. The number of fused-ring (bicyclic) bond motifs is 2. The number of likely N-dealkylation sites (tertiary alicyclic amines) is 1. The number of hydrogen-bond acceptors (Lipinski definition) is 5. The van der Waals surface area contributed by atoms with Gasteiger partial charge < -0.3 is 10.4 Å². The fourth-order valence-corrected chi connectivity index (χ4v) is 4.09. The highest BCUT2D eigenvalue weighted by Gasteiger charge is 2.34. The molecule has 3 aliphatic rings. The second-order valence-corrected chi connectivity index (χ2v) is 6.80. The highest BCUT2D eigenvalue weighted by Crippen LogP contribution is 2.28. The molecule has 0 saturated carbocycles. The van der Waals surface area contributed by atoms with Crippen LogP contribution >= 0.6 is 0 Å². The average molecular weight is 282 g/mol. The number of aliphatic hydroxyl groups is 1. The average Bonchev–Trinajstić information content (AvgIpc) is 2.68. The molecule has 3 atom stereocenters. The molecular formula is C15H30N4O. The van der Waals surface area contributed by atoms with Gasteiger partial charge in [0.2, 0.25) is 0 Å². The summed E-state index contributed by atoms with van der Waals surface area (Å²) in [6, 6.07) is 1.50. The number of aliphatic hydroxyl groups excluding tert-OH is 1. The van der Waals surface area contributed by atoms with Crippen LogP contribution in [-0.4, -0.2) is 97.4 Å². The summed E-state index contributed by atoms with van der Waals surface area (Å²) >= 11 is 0. The van der Waals surface area contributed by atoms with E-state index in [0.717, 1.165) is 58.4 Å². The first kappa shape index (κ1) is 14.7. The van der Waals surface area contributed by atoms with Crippen molar-refractivity contribution in [3.8, 4) is 0 Å². The summed E-state index contributed by atoms with van der Waals surface area (Å²) in [6.07, 6.45) is 3.78. The summed E-state index contributed by atoms with van der Waals surface area (Å²) in [5, 5.41) is 13.7. The van der Waals surface area contributed by atoms with Gasteiger partial charge in [0.1, 0.15) is 0 Å². The van der Waals surface area contributed by atoms with E-state index in [1.165, 1.54) is 19.3 Å². The Morgan fingerprint density at radius 2 is 1.70 bits per heavy atom. The Balaban J connectivity index is 1.45. The van der Waals surface area contributed by atoms with Crippen LogP contribution in [0.5, 0.6) is 0 Å². The van der Waals surface area contributed by atoms with Gasteiger partial charge in [-0.05, 0) is 32.9 Å². The maximum Gasteiger partial charge on any atom is 0.0793 e. The lowest BCUT2D eigenvalue weighted by Gasteiger charge is -2.32. The van der Waals surface area contributed by atoms with Crippen LogP contribution in [0, 0.1) is 0 Å². The van der Waals surface area contributed by atoms with E-state index >= 15 is 0 Å². The van der Waals surface area contributed by atoms with Crippen LogP contribution in [0.3, 0.4) is 0 Å². The van der Waals surface area contributed by atoms with Gasteiger partial charge in [0.15, 0.2) is 0 Å². The standard InChI is InChI=1S/C15H30N4O/c1-17-13-2-3-14(17)10-19(7-4-13)12-15(20)11-18-8-5-16-6-9-18/h13-16,20H,2-12H2,1H3. The molecule has 5 nitrogen and oxygen atoms in total. The zero-order chi connectivity index (χ0) is 13.9. The molecule has 0 aromatic carbocycles. The van der Waals surface area contributed by atoms with Gasteiger partial charge in [-0.15, -0.1) is 0 Å². The minimum absolute atomic E-state index is 0.199. The zero-order valence-corrected chi connectivity index (χ0v) is 12.8. The Bertz CT molecular complexity index is 308. The molecule has 0 amide bonds. The van der Waals surface area contributed by atoms with E-state index in [1.54, 1.807) is 0 Å². The summed E-state index contributed by atoms with van der Waals surface area (Å²) < 4.78 is 0. The van der Waals surface area contributed by atoms with E-state index in [0.29, 0.717) is 6.04 Å². The van der Waals surface area contributed by atoms with E-state index in [4.69, 9.17) is 0 Å². The SMILES string of the molecule is CN1C2CCC1CN(CC(O)CN1CCNCC1)CC2. The Kier molecular flexibility index (Phi) is 4.94. The Morgan fingerprint density at radius 1 is 1.00 bits per heavy atom. The minimum atomic E-state index is -0.199. The Labute approximate surface area is 122 Å². The van der Waals surface area contributed by atoms with Crippen LogP contribution in [0.1, 0.15) is 19.3 Å². The van der Waals surface area contributed by atoms with Crippen molar-refractivity contribution < 1.29 is 5.11 Å². The lowest BCUT2D eigenvalue weighted by atomic mass is 10.1. The van der Waals surface area contributed by atoms with Crippen LogP contribution in [0.25, 0.3) is 0 Å². The van der Waals surface area contributed by atoms with Gasteiger partial charge in [-0.3, -0.25) is 14.7 Å². The molecule has 3 fully saturated rings. The topological polar surface area (TPSA) is 42.0 Å². The molecule has 0 aromatic rings. The second kappa shape index (κ2) is 6.71. The number of hydrogen-bond donors (Lipinski definition) is 2. The number of likely N-dealkylation sites (N-methyl/N-ethyl adjacent to an activating group) is 1. The van der Waals surface area contributed by atoms with E-state index in [-0.39, 0.29) is 6.10 Å². The molecule has 5 heteroatoms. The lowest BCUT2D eigenvalue weighted by Crippen LogP contribution is -2.49. The summed E-state index contributed by atoms with van der Waals surface area (Å²) in [5.74, 6) is 0. The molecule has 3 heterocycles.